The molecule has 1 aromatic rings. The number of nitrogens with two attached hydrogens (primary N) is 1. The molecule has 1 atom stereocenters. The van der Waals surface area contributed by atoms with E-state index in [1.54, 1.807) is 0 Å². The van der Waals surface area contributed by atoms with Crippen molar-refractivity contribution >= 4 is 0 Å². The van der Waals surface area contributed by atoms with Crippen molar-refractivity contribution in [2.45, 2.75) is 33.2 Å². The van der Waals surface area contributed by atoms with E-state index in [0.717, 1.165) is 6.42 Å². The highest BCUT2D eigenvalue weighted by atomic mass is 14.6. The second-order valence-electron chi connectivity index (χ2n) is 3.61. The summed E-state index contributed by atoms with van der Waals surface area (Å²) in [7, 11) is 0. The van der Waals surface area contributed by atoms with Crippen molar-refractivity contribution in [1.29, 1.82) is 0 Å². The van der Waals surface area contributed by atoms with Crippen LogP contribution in [0.1, 0.15) is 23.6 Å². The van der Waals surface area contributed by atoms with Gasteiger partial charge in [-0.1, -0.05) is 23.8 Å². The molecule has 0 aromatic heterocycles. The third-order valence-electron chi connectivity index (χ3n) is 2.04. The lowest BCUT2D eigenvalue weighted by molar-refractivity contribution is 0.734. The second-order valence-corrected chi connectivity index (χ2v) is 3.61. The average Bonchev–Trinajstić information content (AvgIpc) is 1.94. The van der Waals surface area contributed by atoms with Gasteiger partial charge in [0.1, 0.15) is 0 Å². The van der Waals surface area contributed by atoms with Crippen LogP contribution in [0.5, 0.6) is 0 Å². The van der Waals surface area contributed by atoms with Crippen LogP contribution >= 0.6 is 0 Å². The predicted molar refractivity (Wildman–Crippen MR) is 53.3 cm³/mol. The molecule has 0 saturated heterocycles. The molecule has 0 radical (unpaired) electrons. The highest BCUT2D eigenvalue weighted by Crippen LogP contribution is 2.11. The standard InChI is InChI=1S/C11H17N/c1-8-4-5-11(7-10(3)12)9(2)6-8/h4-6,10H,7,12H2,1-3H3/t10-/m0/s1. The first-order chi connectivity index (χ1) is 5.59. The molecule has 1 aromatic carbocycles. The van der Waals surface area contributed by atoms with Crippen LogP contribution < -0.4 is 5.73 Å². The Morgan fingerprint density at radius 2 is 2.00 bits per heavy atom. The van der Waals surface area contributed by atoms with Gasteiger partial charge in [0, 0.05) is 6.04 Å². The molecule has 0 aliphatic heterocycles. The minimum atomic E-state index is 0.256. The Hall–Kier alpha value is -0.820. The molecule has 0 saturated carbocycles. The monoisotopic (exact) mass is 163 g/mol. The third-order valence-corrected chi connectivity index (χ3v) is 2.04. The van der Waals surface area contributed by atoms with Gasteiger partial charge in [0.15, 0.2) is 0 Å². The summed E-state index contributed by atoms with van der Waals surface area (Å²) < 4.78 is 0. The van der Waals surface area contributed by atoms with E-state index >= 15 is 0 Å². The zero-order valence-corrected chi connectivity index (χ0v) is 8.09. The van der Waals surface area contributed by atoms with Gasteiger partial charge < -0.3 is 5.73 Å². The molecule has 0 bridgehead atoms. The minimum absolute atomic E-state index is 0.256. The summed E-state index contributed by atoms with van der Waals surface area (Å²) in [6.45, 7) is 6.30. The number of benzene rings is 1. The normalized spacial score (nSPS) is 13.0. The lowest BCUT2D eigenvalue weighted by atomic mass is 10.0. The maximum Gasteiger partial charge on any atom is 0.00510 e. The van der Waals surface area contributed by atoms with Crippen LogP contribution in [0.25, 0.3) is 0 Å². The molecule has 66 valence electrons. The smallest absolute Gasteiger partial charge is 0.00510 e. The highest BCUT2D eigenvalue weighted by Gasteiger charge is 2.00. The van der Waals surface area contributed by atoms with E-state index in [2.05, 4.69) is 32.0 Å². The number of hydrogen-bond acceptors (Lipinski definition) is 1. The third kappa shape index (κ3) is 2.35. The summed E-state index contributed by atoms with van der Waals surface area (Å²) in [4.78, 5) is 0. The molecule has 0 spiro atoms. The first-order valence-corrected chi connectivity index (χ1v) is 4.41. The zero-order chi connectivity index (χ0) is 9.14. The Bertz CT molecular complexity index is 264. The van der Waals surface area contributed by atoms with Crippen molar-refractivity contribution in [2.24, 2.45) is 5.73 Å². The maximum absolute atomic E-state index is 5.73. The first-order valence-electron chi connectivity index (χ1n) is 4.41. The lowest BCUT2D eigenvalue weighted by Gasteiger charge is -2.08. The van der Waals surface area contributed by atoms with E-state index in [1.807, 2.05) is 6.92 Å². The van der Waals surface area contributed by atoms with Crippen molar-refractivity contribution in [3.63, 3.8) is 0 Å². The summed E-state index contributed by atoms with van der Waals surface area (Å²) in [5, 5.41) is 0. The summed E-state index contributed by atoms with van der Waals surface area (Å²) in [6.07, 6.45) is 0.978. The molecular formula is C11H17N. The van der Waals surface area contributed by atoms with E-state index in [1.165, 1.54) is 16.7 Å². The van der Waals surface area contributed by atoms with Gasteiger partial charge in [-0.15, -0.1) is 0 Å². The van der Waals surface area contributed by atoms with Crippen molar-refractivity contribution in [3.05, 3.63) is 34.9 Å². The SMILES string of the molecule is Cc1ccc(C[C@H](C)N)c(C)c1. The van der Waals surface area contributed by atoms with Gasteiger partial charge in [0.25, 0.3) is 0 Å². The molecule has 1 rings (SSSR count). The summed E-state index contributed by atoms with van der Waals surface area (Å²) >= 11 is 0. The average molecular weight is 163 g/mol. The Labute approximate surface area is 74.6 Å². The van der Waals surface area contributed by atoms with E-state index in [4.69, 9.17) is 5.73 Å². The molecule has 2 N–H and O–H groups in total. The van der Waals surface area contributed by atoms with Crippen LogP contribution in [0.4, 0.5) is 0 Å². The number of hydrogen-bond donors (Lipinski definition) is 1. The molecule has 1 nitrogen and oxygen atoms in total. The second kappa shape index (κ2) is 3.72. The topological polar surface area (TPSA) is 26.0 Å². The van der Waals surface area contributed by atoms with Crippen LogP contribution in [-0.4, -0.2) is 6.04 Å². The van der Waals surface area contributed by atoms with Gasteiger partial charge in [-0.3, -0.25) is 0 Å². The predicted octanol–water partition coefficient (Wildman–Crippen LogP) is 2.19. The Morgan fingerprint density at radius 3 is 2.50 bits per heavy atom. The van der Waals surface area contributed by atoms with E-state index in [-0.39, 0.29) is 6.04 Å². The van der Waals surface area contributed by atoms with Gasteiger partial charge in [-0.2, -0.15) is 0 Å². The fraction of sp³-hybridized carbons (Fsp3) is 0.455. The van der Waals surface area contributed by atoms with Crippen LogP contribution in [-0.2, 0) is 6.42 Å². The van der Waals surface area contributed by atoms with Gasteiger partial charge in [0.2, 0.25) is 0 Å². The molecule has 0 unspecified atom stereocenters. The van der Waals surface area contributed by atoms with Crippen LogP contribution in [0.15, 0.2) is 18.2 Å². The number of rotatable bonds is 2. The lowest BCUT2D eigenvalue weighted by Crippen LogP contribution is -2.18. The highest BCUT2D eigenvalue weighted by molar-refractivity contribution is 5.30. The Morgan fingerprint density at radius 1 is 1.33 bits per heavy atom. The maximum atomic E-state index is 5.73. The fourth-order valence-corrected chi connectivity index (χ4v) is 1.42. The van der Waals surface area contributed by atoms with E-state index in [9.17, 15) is 0 Å². The quantitative estimate of drug-likeness (QED) is 0.710. The molecule has 0 fully saturated rings. The van der Waals surface area contributed by atoms with Gasteiger partial charge in [-0.05, 0) is 38.3 Å². The molecule has 0 aliphatic carbocycles. The zero-order valence-electron chi connectivity index (χ0n) is 8.09. The summed E-state index contributed by atoms with van der Waals surface area (Å²) in [5.41, 5.74) is 9.78. The summed E-state index contributed by atoms with van der Waals surface area (Å²) in [6, 6.07) is 6.78. The Kier molecular flexibility index (Phi) is 2.88. The number of aryl methyl sites for hydroxylation is 2. The molecule has 1 heteroatoms. The van der Waals surface area contributed by atoms with Crippen LogP contribution in [0, 0.1) is 13.8 Å². The van der Waals surface area contributed by atoms with Crippen LogP contribution in [0.3, 0.4) is 0 Å². The van der Waals surface area contributed by atoms with Crippen molar-refractivity contribution < 1.29 is 0 Å². The van der Waals surface area contributed by atoms with Crippen molar-refractivity contribution in [2.75, 3.05) is 0 Å². The van der Waals surface area contributed by atoms with Gasteiger partial charge >= 0.3 is 0 Å². The van der Waals surface area contributed by atoms with Crippen molar-refractivity contribution in [1.82, 2.24) is 0 Å². The molecule has 0 heterocycles. The molecular weight excluding hydrogens is 146 g/mol. The van der Waals surface area contributed by atoms with Crippen LogP contribution in [0.2, 0.25) is 0 Å². The van der Waals surface area contributed by atoms with Crippen molar-refractivity contribution in [3.8, 4) is 0 Å². The van der Waals surface area contributed by atoms with E-state index in [0.29, 0.717) is 0 Å². The molecule has 12 heavy (non-hydrogen) atoms. The fourth-order valence-electron chi connectivity index (χ4n) is 1.42. The Balaban J connectivity index is 2.86. The largest absolute Gasteiger partial charge is 0.328 e. The molecule has 0 aliphatic rings. The molecule has 0 amide bonds. The van der Waals surface area contributed by atoms with E-state index < -0.39 is 0 Å². The van der Waals surface area contributed by atoms with Gasteiger partial charge in [0.05, 0.1) is 0 Å². The first kappa shape index (κ1) is 9.27. The summed E-state index contributed by atoms with van der Waals surface area (Å²) in [5.74, 6) is 0. The van der Waals surface area contributed by atoms with Gasteiger partial charge in [-0.25, -0.2) is 0 Å². The minimum Gasteiger partial charge on any atom is -0.328 e.